The number of halogens is 1. The molecule has 3 N–H and O–H groups in total. The third-order valence-corrected chi connectivity index (χ3v) is 4.80. The van der Waals surface area contributed by atoms with Gasteiger partial charge in [-0.3, -0.25) is 0 Å². The van der Waals surface area contributed by atoms with Crippen molar-refractivity contribution >= 4 is 15.7 Å². The number of nitrogens with two attached hydrogens (primary N) is 1. The van der Waals surface area contributed by atoms with Crippen LogP contribution in [-0.2, 0) is 10.0 Å². The molecule has 0 fully saturated rings. The molecule has 2 aromatic rings. The zero-order chi connectivity index (χ0) is 15.6. The number of hydrogen-bond acceptors (Lipinski definition) is 3. The fraction of sp³-hybridized carbons (Fsp3) is 0.200. The molecule has 0 aliphatic heterocycles. The lowest BCUT2D eigenvalue weighted by molar-refractivity contribution is 0.547. The second-order valence-electron chi connectivity index (χ2n) is 4.89. The van der Waals surface area contributed by atoms with Crippen LogP contribution in [0.25, 0.3) is 0 Å². The van der Waals surface area contributed by atoms with E-state index < -0.39 is 26.8 Å². The van der Waals surface area contributed by atoms with Crippen molar-refractivity contribution in [1.82, 2.24) is 4.72 Å². The highest BCUT2D eigenvalue weighted by atomic mass is 32.2. The predicted molar refractivity (Wildman–Crippen MR) is 80.7 cm³/mol. The number of aryl methyl sites for hydroxylation is 1. The van der Waals surface area contributed by atoms with Crippen LogP contribution < -0.4 is 10.5 Å². The van der Waals surface area contributed by atoms with Crippen LogP contribution in [0.1, 0.15) is 24.1 Å². The van der Waals surface area contributed by atoms with Gasteiger partial charge in [-0.05, 0) is 37.1 Å². The van der Waals surface area contributed by atoms with Crippen molar-refractivity contribution in [3.05, 3.63) is 59.4 Å². The minimum atomic E-state index is -3.98. The summed E-state index contributed by atoms with van der Waals surface area (Å²) in [4.78, 5) is -0.437. The largest absolute Gasteiger partial charge is 0.398 e. The summed E-state index contributed by atoms with van der Waals surface area (Å²) >= 11 is 0. The summed E-state index contributed by atoms with van der Waals surface area (Å²) in [6, 6.07) is 10.8. The Hall–Kier alpha value is -1.92. The van der Waals surface area contributed by atoms with E-state index in [0.29, 0.717) is 5.56 Å². The fourth-order valence-electron chi connectivity index (χ4n) is 1.98. The highest BCUT2D eigenvalue weighted by molar-refractivity contribution is 7.89. The van der Waals surface area contributed by atoms with E-state index in [1.165, 1.54) is 0 Å². The molecule has 0 saturated carbocycles. The summed E-state index contributed by atoms with van der Waals surface area (Å²) in [6.45, 7) is 3.32. The lowest BCUT2D eigenvalue weighted by atomic mass is 10.1. The fourth-order valence-corrected chi connectivity index (χ4v) is 3.31. The van der Waals surface area contributed by atoms with Gasteiger partial charge in [0.1, 0.15) is 10.7 Å². The van der Waals surface area contributed by atoms with Crippen LogP contribution in [0, 0.1) is 12.7 Å². The van der Waals surface area contributed by atoms with Crippen molar-refractivity contribution in [3.8, 4) is 0 Å². The van der Waals surface area contributed by atoms with Gasteiger partial charge in [-0.25, -0.2) is 17.5 Å². The average molecular weight is 308 g/mol. The van der Waals surface area contributed by atoms with Crippen LogP contribution in [0.3, 0.4) is 0 Å². The number of rotatable bonds is 4. The monoisotopic (exact) mass is 308 g/mol. The summed E-state index contributed by atoms with van der Waals surface area (Å²) in [5.41, 5.74) is 7.20. The van der Waals surface area contributed by atoms with Gasteiger partial charge in [-0.1, -0.05) is 30.3 Å². The molecule has 0 unspecified atom stereocenters. The van der Waals surface area contributed by atoms with Gasteiger partial charge in [0.05, 0.1) is 0 Å². The Balaban J connectivity index is 2.33. The van der Waals surface area contributed by atoms with Crippen molar-refractivity contribution in [2.45, 2.75) is 24.8 Å². The van der Waals surface area contributed by atoms with Crippen molar-refractivity contribution in [2.75, 3.05) is 5.73 Å². The van der Waals surface area contributed by atoms with Crippen LogP contribution in [0.4, 0.5) is 10.1 Å². The molecule has 6 heteroatoms. The summed E-state index contributed by atoms with van der Waals surface area (Å²) in [5, 5.41) is 0. The predicted octanol–water partition coefficient (Wildman–Crippen LogP) is 2.76. The maximum absolute atomic E-state index is 13.9. The van der Waals surface area contributed by atoms with Gasteiger partial charge in [0, 0.05) is 11.7 Å². The van der Waals surface area contributed by atoms with Crippen LogP contribution in [0.2, 0.25) is 0 Å². The van der Waals surface area contributed by atoms with E-state index in [-0.39, 0.29) is 5.69 Å². The Labute approximate surface area is 123 Å². The van der Waals surface area contributed by atoms with Crippen molar-refractivity contribution < 1.29 is 12.8 Å². The van der Waals surface area contributed by atoms with Gasteiger partial charge in [0.15, 0.2) is 0 Å². The molecule has 0 aliphatic carbocycles. The molecular formula is C15H17FN2O2S. The lowest BCUT2D eigenvalue weighted by Crippen LogP contribution is -2.27. The Morgan fingerprint density at radius 2 is 1.81 bits per heavy atom. The smallest absolute Gasteiger partial charge is 0.244 e. The summed E-state index contributed by atoms with van der Waals surface area (Å²) in [7, 11) is -3.98. The van der Waals surface area contributed by atoms with Gasteiger partial charge in [0.25, 0.3) is 0 Å². The van der Waals surface area contributed by atoms with E-state index in [4.69, 9.17) is 5.73 Å². The first-order valence-electron chi connectivity index (χ1n) is 6.44. The first-order valence-corrected chi connectivity index (χ1v) is 7.92. The Bertz CT molecular complexity index is 746. The molecule has 0 amide bonds. The normalized spacial score (nSPS) is 13.1. The first kappa shape index (κ1) is 15.5. The minimum Gasteiger partial charge on any atom is -0.398 e. The van der Waals surface area contributed by atoms with Gasteiger partial charge in [0.2, 0.25) is 10.0 Å². The number of nitrogens with one attached hydrogen (secondary N) is 1. The number of benzene rings is 2. The quantitative estimate of drug-likeness (QED) is 0.853. The molecule has 0 aromatic heterocycles. The molecule has 2 aromatic carbocycles. The molecular weight excluding hydrogens is 291 g/mol. The van der Waals surface area contributed by atoms with E-state index >= 15 is 0 Å². The Morgan fingerprint density at radius 3 is 2.43 bits per heavy atom. The van der Waals surface area contributed by atoms with Gasteiger partial charge >= 0.3 is 0 Å². The molecule has 0 spiro atoms. The topological polar surface area (TPSA) is 72.2 Å². The number of nitrogen functional groups attached to an aromatic ring is 1. The molecule has 2 rings (SSSR count). The van der Waals surface area contributed by atoms with Crippen LogP contribution >= 0.6 is 0 Å². The molecule has 0 aliphatic rings. The summed E-state index contributed by atoms with van der Waals surface area (Å²) < 4.78 is 40.9. The molecule has 4 nitrogen and oxygen atoms in total. The van der Waals surface area contributed by atoms with E-state index in [1.54, 1.807) is 26.0 Å². The minimum absolute atomic E-state index is 0.240. The zero-order valence-corrected chi connectivity index (χ0v) is 12.6. The van der Waals surface area contributed by atoms with E-state index in [0.717, 1.165) is 17.7 Å². The van der Waals surface area contributed by atoms with Gasteiger partial charge in [-0.2, -0.15) is 0 Å². The molecule has 0 bridgehead atoms. The Morgan fingerprint density at radius 1 is 1.19 bits per heavy atom. The highest BCUT2D eigenvalue weighted by Gasteiger charge is 2.23. The number of anilines is 1. The van der Waals surface area contributed by atoms with Gasteiger partial charge in [-0.15, -0.1) is 0 Å². The second-order valence-corrected chi connectivity index (χ2v) is 6.58. The van der Waals surface area contributed by atoms with Crippen molar-refractivity contribution in [2.24, 2.45) is 0 Å². The molecule has 0 saturated heterocycles. The van der Waals surface area contributed by atoms with E-state index in [2.05, 4.69) is 4.72 Å². The van der Waals surface area contributed by atoms with Crippen LogP contribution in [0.5, 0.6) is 0 Å². The molecule has 1 atom stereocenters. The SMILES string of the molecule is Cc1cc(F)c(S(=O)(=O)N[C@H](C)c2ccccc2)cc1N. The maximum Gasteiger partial charge on any atom is 0.244 e. The second kappa shape index (κ2) is 5.83. The molecule has 0 heterocycles. The third-order valence-electron chi connectivity index (χ3n) is 3.24. The number of sulfonamides is 1. The summed E-state index contributed by atoms with van der Waals surface area (Å²) in [6.07, 6.45) is 0. The maximum atomic E-state index is 13.9. The molecule has 21 heavy (non-hydrogen) atoms. The van der Waals surface area contributed by atoms with Crippen LogP contribution in [0.15, 0.2) is 47.4 Å². The Kier molecular flexibility index (Phi) is 4.29. The standard InChI is InChI=1S/C15H17FN2O2S/c1-10-8-13(16)15(9-14(10)17)21(19,20)18-11(2)12-6-4-3-5-7-12/h3-9,11,18H,17H2,1-2H3/t11-/m1/s1. The van der Waals surface area contributed by atoms with Crippen molar-refractivity contribution in [1.29, 1.82) is 0 Å². The zero-order valence-electron chi connectivity index (χ0n) is 11.8. The van der Waals surface area contributed by atoms with E-state index in [9.17, 15) is 12.8 Å². The molecule has 0 radical (unpaired) electrons. The first-order chi connectivity index (χ1) is 9.81. The third kappa shape index (κ3) is 3.40. The van der Waals surface area contributed by atoms with E-state index in [1.807, 2.05) is 18.2 Å². The average Bonchev–Trinajstić information content (AvgIpc) is 2.43. The lowest BCUT2D eigenvalue weighted by Gasteiger charge is -2.15. The summed E-state index contributed by atoms with van der Waals surface area (Å²) in [5.74, 6) is -0.811. The highest BCUT2D eigenvalue weighted by Crippen LogP contribution is 2.23. The molecule has 112 valence electrons. The van der Waals surface area contributed by atoms with Gasteiger partial charge < -0.3 is 5.73 Å². The van der Waals surface area contributed by atoms with Crippen molar-refractivity contribution in [3.63, 3.8) is 0 Å². The number of hydrogen-bond donors (Lipinski definition) is 2. The van der Waals surface area contributed by atoms with Crippen LogP contribution in [-0.4, -0.2) is 8.42 Å².